The summed E-state index contributed by atoms with van der Waals surface area (Å²) < 4.78 is 4.88. The van der Waals surface area contributed by atoms with Gasteiger partial charge in [-0.1, -0.05) is 34.8 Å². The van der Waals surface area contributed by atoms with E-state index >= 15 is 0 Å². The Kier molecular flexibility index (Phi) is 5.60. The van der Waals surface area contributed by atoms with Crippen LogP contribution in [-0.2, 0) is 9.53 Å². The third-order valence-electron chi connectivity index (χ3n) is 2.53. The minimum Gasteiger partial charge on any atom is -0.452 e. The van der Waals surface area contributed by atoms with Gasteiger partial charge in [0, 0.05) is 12.4 Å². The molecule has 0 saturated heterocycles. The van der Waals surface area contributed by atoms with Crippen LogP contribution in [0.4, 0.5) is 5.69 Å². The quantitative estimate of drug-likeness (QED) is 0.665. The predicted molar refractivity (Wildman–Crippen MR) is 84.6 cm³/mol. The topological polar surface area (TPSA) is 68.3 Å². The van der Waals surface area contributed by atoms with Gasteiger partial charge in [0.1, 0.15) is 0 Å². The Morgan fingerprint density at radius 1 is 1.05 bits per heavy atom. The molecule has 1 N–H and O–H groups in total. The van der Waals surface area contributed by atoms with Gasteiger partial charge in [-0.05, 0) is 24.3 Å². The van der Waals surface area contributed by atoms with E-state index in [1.54, 1.807) is 0 Å². The number of rotatable bonds is 4. The van der Waals surface area contributed by atoms with Crippen LogP contribution in [0.25, 0.3) is 0 Å². The molecule has 0 fully saturated rings. The molecule has 114 valence electrons. The summed E-state index contributed by atoms with van der Waals surface area (Å²) in [6.45, 7) is -0.461. The Morgan fingerprint density at radius 2 is 1.68 bits per heavy atom. The van der Waals surface area contributed by atoms with Gasteiger partial charge in [0.05, 0.1) is 26.3 Å². The van der Waals surface area contributed by atoms with Gasteiger partial charge >= 0.3 is 5.97 Å². The van der Waals surface area contributed by atoms with Crippen molar-refractivity contribution in [3.63, 3.8) is 0 Å². The Balaban J connectivity index is 1.94. The molecule has 2 rings (SSSR count). The highest BCUT2D eigenvalue weighted by Crippen LogP contribution is 2.32. The lowest BCUT2D eigenvalue weighted by Crippen LogP contribution is -2.21. The van der Waals surface area contributed by atoms with Gasteiger partial charge in [-0.3, -0.25) is 9.78 Å². The zero-order chi connectivity index (χ0) is 16.1. The van der Waals surface area contributed by atoms with Crippen LogP contribution in [0, 0.1) is 0 Å². The lowest BCUT2D eigenvalue weighted by atomic mass is 10.3. The van der Waals surface area contributed by atoms with Crippen LogP contribution in [0.1, 0.15) is 10.4 Å². The maximum atomic E-state index is 11.8. The number of nitrogens with one attached hydrogen (secondary N) is 1. The Labute approximate surface area is 141 Å². The normalized spacial score (nSPS) is 10.1. The molecule has 1 aromatic heterocycles. The zero-order valence-corrected chi connectivity index (χ0v) is 13.2. The van der Waals surface area contributed by atoms with Crippen molar-refractivity contribution in [2.45, 2.75) is 0 Å². The summed E-state index contributed by atoms with van der Waals surface area (Å²) in [6.07, 6.45) is 2.90. The molecule has 0 saturated carbocycles. The number of esters is 1. The van der Waals surface area contributed by atoms with E-state index in [0.29, 0.717) is 5.56 Å². The first-order chi connectivity index (χ1) is 10.5. The molecule has 0 unspecified atom stereocenters. The number of nitrogens with zero attached hydrogens (tertiary/aromatic N) is 1. The van der Waals surface area contributed by atoms with Crippen molar-refractivity contribution in [2.24, 2.45) is 0 Å². The van der Waals surface area contributed by atoms with E-state index in [1.807, 2.05) is 0 Å². The number of aromatic nitrogens is 1. The second-order valence-electron chi connectivity index (χ2n) is 4.11. The van der Waals surface area contributed by atoms with E-state index < -0.39 is 18.5 Å². The number of carbonyl (C=O) groups excluding carboxylic acids is 2. The summed E-state index contributed by atoms with van der Waals surface area (Å²) >= 11 is 17.6. The SMILES string of the molecule is O=C(COC(=O)c1ccncc1)Nc1cc(Cl)c(Cl)cc1Cl. The minimum atomic E-state index is -0.627. The first-order valence-corrected chi connectivity index (χ1v) is 7.12. The number of anilines is 1. The van der Waals surface area contributed by atoms with Gasteiger partial charge in [0.15, 0.2) is 6.61 Å². The lowest BCUT2D eigenvalue weighted by Gasteiger charge is -2.09. The van der Waals surface area contributed by atoms with Crippen LogP contribution < -0.4 is 5.32 Å². The largest absolute Gasteiger partial charge is 0.452 e. The fraction of sp³-hybridized carbons (Fsp3) is 0.0714. The summed E-state index contributed by atoms with van der Waals surface area (Å²) in [5, 5.41) is 3.22. The number of hydrogen-bond donors (Lipinski definition) is 1. The number of halogens is 3. The van der Waals surface area contributed by atoms with Crippen molar-refractivity contribution in [3.05, 3.63) is 57.3 Å². The Morgan fingerprint density at radius 3 is 2.36 bits per heavy atom. The van der Waals surface area contributed by atoms with E-state index in [-0.39, 0.29) is 20.8 Å². The maximum absolute atomic E-state index is 11.8. The average molecular weight is 360 g/mol. The average Bonchev–Trinajstić information content (AvgIpc) is 2.51. The molecule has 22 heavy (non-hydrogen) atoms. The van der Waals surface area contributed by atoms with Gasteiger partial charge in [0.25, 0.3) is 5.91 Å². The van der Waals surface area contributed by atoms with E-state index in [2.05, 4.69) is 10.3 Å². The van der Waals surface area contributed by atoms with E-state index in [9.17, 15) is 9.59 Å². The van der Waals surface area contributed by atoms with Crippen LogP contribution in [0.2, 0.25) is 15.1 Å². The number of pyridine rings is 1. The number of ether oxygens (including phenoxy) is 1. The van der Waals surface area contributed by atoms with Gasteiger partial charge in [0.2, 0.25) is 0 Å². The third-order valence-corrected chi connectivity index (χ3v) is 3.57. The van der Waals surface area contributed by atoms with Crippen LogP contribution in [0.5, 0.6) is 0 Å². The molecule has 0 aliphatic rings. The van der Waals surface area contributed by atoms with Gasteiger partial charge in [-0.15, -0.1) is 0 Å². The highest BCUT2D eigenvalue weighted by atomic mass is 35.5. The van der Waals surface area contributed by atoms with Crippen LogP contribution in [0.3, 0.4) is 0 Å². The molecule has 5 nitrogen and oxygen atoms in total. The molecule has 0 bridgehead atoms. The van der Waals surface area contributed by atoms with Crippen molar-refractivity contribution in [1.29, 1.82) is 0 Å². The molecule has 2 aromatic rings. The minimum absolute atomic E-state index is 0.225. The summed E-state index contributed by atoms with van der Waals surface area (Å²) in [4.78, 5) is 27.2. The second-order valence-corrected chi connectivity index (χ2v) is 5.33. The first-order valence-electron chi connectivity index (χ1n) is 5.99. The molecule has 0 radical (unpaired) electrons. The molecule has 0 spiro atoms. The van der Waals surface area contributed by atoms with Crippen LogP contribution in [-0.4, -0.2) is 23.5 Å². The van der Waals surface area contributed by atoms with E-state index in [0.717, 1.165) is 0 Å². The summed E-state index contributed by atoms with van der Waals surface area (Å²) in [5.74, 6) is -1.18. The number of hydrogen-bond acceptors (Lipinski definition) is 4. The molecule has 8 heteroatoms. The predicted octanol–water partition coefficient (Wildman–Crippen LogP) is 3.84. The van der Waals surface area contributed by atoms with Crippen molar-refractivity contribution in [3.8, 4) is 0 Å². The van der Waals surface area contributed by atoms with Crippen molar-refractivity contribution < 1.29 is 14.3 Å². The Bertz CT molecular complexity index is 708. The first kappa shape index (κ1) is 16.5. The molecule has 0 aliphatic heterocycles. The van der Waals surface area contributed by atoms with Crippen molar-refractivity contribution >= 4 is 52.4 Å². The fourth-order valence-electron chi connectivity index (χ4n) is 1.51. The van der Waals surface area contributed by atoms with E-state index in [1.165, 1.54) is 36.7 Å². The fourth-order valence-corrected chi connectivity index (χ4v) is 2.10. The number of amides is 1. The molecular formula is C14H9Cl3N2O3. The molecule has 0 aliphatic carbocycles. The van der Waals surface area contributed by atoms with Crippen molar-refractivity contribution in [2.75, 3.05) is 11.9 Å². The van der Waals surface area contributed by atoms with Crippen molar-refractivity contribution in [1.82, 2.24) is 4.98 Å². The molecular weight excluding hydrogens is 351 g/mol. The summed E-state index contributed by atoms with van der Waals surface area (Å²) in [5.41, 5.74) is 0.580. The standard InChI is InChI=1S/C14H9Cl3N2O3/c15-9-5-11(17)12(6-10(9)16)19-13(20)7-22-14(21)8-1-3-18-4-2-8/h1-6H,7H2,(H,19,20). The highest BCUT2D eigenvalue weighted by molar-refractivity contribution is 6.44. The van der Waals surface area contributed by atoms with Gasteiger partial charge < -0.3 is 10.1 Å². The van der Waals surface area contributed by atoms with Crippen LogP contribution in [0.15, 0.2) is 36.7 Å². The van der Waals surface area contributed by atoms with Gasteiger partial charge in [-0.2, -0.15) is 0 Å². The monoisotopic (exact) mass is 358 g/mol. The summed E-state index contributed by atoms with van der Waals surface area (Å²) in [6, 6.07) is 5.78. The third kappa shape index (κ3) is 4.34. The Hall–Kier alpha value is -1.82. The number of carbonyl (C=O) groups is 2. The van der Waals surface area contributed by atoms with Crippen LogP contribution >= 0.6 is 34.8 Å². The lowest BCUT2D eigenvalue weighted by molar-refractivity contribution is -0.119. The second kappa shape index (κ2) is 7.45. The maximum Gasteiger partial charge on any atom is 0.338 e. The van der Waals surface area contributed by atoms with E-state index in [4.69, 9.17) is 39.5 Å². The van der Waals surface area contributed by atoms with Gasteiger partial charge in [-0.25, -0.2) is 4.79 Å². The smallest absolute Gasteiger partial charge is 0.338 e. The molecule has 1 aromatic carbocycles. The molecule has 0 atom stereocenters. The number of benzene rings is 1. The zero-order valence-electron chi connectivity index (χ0n) is 11.0. The molecule has 1 heterocycles. The highest BCUT2D eigenvalue weighted by Gasteiger charge is 2.12. The molecule has 1 amide bonds. The summed E-state index contributed by atoms with van der Waals surface area (Å²) in [7, 11) is 0.